The van der Waals surface area contributed by atoms with Crippen molar-refractivity contribution >= 4 is 21.9 Å². The van der Waals surface area contributed by atoms with E-state index in [9.17, 15) is 0 Å². The molecular weight excluding hydrogens is 390 g/mol. The van der Waals surface area contributed by atoms with Crippen LogP contribution in [0.3, 0.4) is 0 Å². The van der Waals surface area contributed by atoms with Crippen LogP contribution in [0, 0.1) is 0 Å². The Balaban J connectivity index is 1.43. The number of rotatable bonds is 6. The predicted octanol–water partition coefficient (Wildman–Crippen LogP) is 3.15. The highest BCUT2D eigenvalue weighted by Gasteiger charge is 2.17. The van der Waals surface area contributed by atoms with Crippen LogP contribution in [0.15, 0.2) is 48.9 Å². The molecule has 0 atom stereocenters. The smallest absolute Gasteiger partial charge is 0.163 e. The van der Waals surface area contributed by atoms with Crippen molar-refractivity contribution in [1.82, 2.24) is 23.9 Å². The van der Waals surface area contributed by atoms with Crippen LogP contribution >= 0.6 is 0 Å². The summed E-state index contributed by atoms with van der Waals surface area (Å²) < 4.78 is 16.1. The topological polar surface area (TPSA) is 47.7 Å². The Morgan fingerprint density at radius 2 is 1.87 bits per heavy atom. The van der Waals surface area contributed by atoms with Gasteiger partial charge in [-0.15, -0.1) is 0 Å². The fourth-order valence-electron chi connectivity index (χ4n) is 4.35. The summed E-state index contributed by atoms with van der Waals surface area (Å²) in [5.74, 6) is 1.54. The Bertz CT molecular complexity index is 1200. The van der Waals surface area contributed by atoms with Crippen LogP contribution in [0.2, 0.25) is 0 Å². The molecule has 0 amide bonds. The van der Waals surface area contributed by atoms with Gasteiger partial charge in [-0.25, -0.2) is 4.98 Å². The van der Waals surface area contributed by atoms with E-state index in [1.807, 2.05) is 12.3 Å². The van der Waals surface area contributed by atoms with E-state index >= 15 is 0 Å². The average Bonchev–Trinajstić information content (AvgIpc) is 3.35. The van der Waals surface area contributed by atoms with Crippen LogP contribution in [0.1, 0.15) is 0 Å². The molecule has 0 unspecified atom stereocenters. The predicted molar refractivity (Wildman–Crippen MR) is 124 cm³/mol. The number of piperazine rings is 1. The van der Waals surface area contributed by atoms with Crippen molar-refractivity contribution in [2.75, 3.05) is 53.5 Å². The highest BCUT2D eigenvalue weighted by molar-refractivity contribution is 5.93. The van der Waals surface area contributed by atoms with Gasteiger partial charge < -0.3 is 18.9 Å². The summed E-state index contributed by atoms with van der Waals surface area (Å²) in [6.07, 6.45) is 6.03. The zero-order valence-electron chi connectivity index (χ0n) is 18.4. The second-order valence-electron chi connectivity index (χ2n) is 8.24. The van der Waals surface area contributed by atoms with Crippen LogP contribution in [0.25, 0.3) is 27.6 Å². The highest BCUT2D eigenvalue weighted by Crippen LogP contribution is 2.36. The van der Waals surface area contributed by atoms with Gasteiger partial charge in [0.15, 0.2) is 11.5 Å². The van der Waals surface area contributed by atoms with E-state index < -0.39 is 0 Å². The summed E-state index contributed by atoms with van der Waals surface area (Å²) in [5, 5.41) is 2.23. The number of aryl methyl sites for hydroxylation is 1. The van der Waals surface area contributed by atoms with Crippen molar-refractivity contribution in [3.8, 4) is 17.2 Å². The van der Waals surface area contributed by atoms with Crippen molar-refractivity contribution < 1.29 is 9.47 Å². The van der Waals surface area contributed by atoms with E-state index in [2.05, 4.69) is 74.7 Å². The van der Waals surface area contributed by atoms with Crippen LogP contribution in [-0.2, 0) is 7.05 Å². The number of ether oxygens (including phenoxy) is 2. The molecule has 0 radical (unpaired) electrons. The maximum absolute atomic E-state index is 6.18. The van der Waals surface area contributed by atoms with Gasteiger partial charge in [-0.05, 0) is 31.3 Å². The minimum absolute atomic E-state index is 0.648. The third kappa shape index (κ3) is 3.75. The molecule has 0 saturated carbocycles. The van der Waals surface area contributed by atoms with Crippen molar-refractivity contribution in [2.45, 2.75) is 0 Å². The average molecular weight is 420 g/mol. The van der Waals surface area contributed by atoms with Crippen molar-refractivity contribution in [2.24, 2.45) is 7.05 Å². The molecule has 1 saturated heterocycles. The van der Waals surface area contributed by atoms with Crippen molar-refractivity contribution in [1.29, 1.82) is 0 Å². The fourth-order valence-corrected chi connectivity index (χ4v) is 4.35. The first-order valence-electron chi connectivity index (χ1n) is 10.8. The molecule has 31 heavy (non-hydrogen) atoms. The lowest BCUT2D eigenvalue weighted by molar-refractivity contribution is 0.133. The Kier molecular flexibility index (Phi) is 5.29. The van der Waals surface area contributed by atoms with Crippen LogP contribution in [0.4, 0.5) is 0 Å². The van der Waals surface area contributed by atoms with Gasteiger partial charge in [-0.1, -0.05) is 0 Å². The van der Waals surface area contributed by atoms with E-state index in [-0.39, 0.29) is 0 Å². The molecule has 4 heterocycles. The summed E-state index contributed by atoms with van der Waals surface area (Å²) in [7, 11) is 5.93. The highest BCUT2D eigenvalue weighted by atomic mass is 16.5. The Labute approximate surface area is 182 Å². The molecule has 1 fully saturated rings. The first-order valence-corrected chi connectivity index (χ1v) is 10.8. The first kappa shape index (κ1) is 19.9. The normalized spacial score (nSPS) is 15.7. The summed E-state index contributed by atoms with van der Waals surface area (Å²) >= 11 is 0. The third-order valence-electron chi connectivity index (χ3n) is 6.22. The number of nitrogens with zero attached hydrogens (tertiary/aromatic N) is 5. The Morgan fingerprint density at radius 1 is 1.03 bits per heavy atom. The Morgan fingerprint density at radius 3 is 2.68 bits per heavy atom. The number of fused-ring (bicyclic) bond motifs is 2. The Hall–Kier alpha value is -3.03. The van der Waals surface area contributed by atoms with Crippen molar-refractivity contribution in [3.05, 3.63) is 48.9 Å². The van der Waals surface area contributed by atoms with Gasteiger partial charge in [0, 0.05) is 75.2 Å². The summed E-state index contributed by atoms with van der Waals surface area (Å²) in [5.41, 5.74) is 3.12. The molecular formula is C24H29N5O2. The number of methoxy groups -OCH3 is 1. The molecule has 7 heteroatoms. The molecule has 1 aliphatic rings. The lowest BCUT2D eigenvalue weighted by Gasteiger charge is -2.32. The van der Waals surface area contributed by atoms with Gasteiger partial charge in [-0.2, -0.15) is 0 Å². The van der Waals surface area contributed by atoms with Crippen LogP contribution in [-0.4, -0.2) is 77.4 Å². The monoisotopic (exact) mass is 419 g/mol. The molecule has 0 aliphatic carbocycles. The van der Waals surface area contributed by atoms with Gasteiger partial charge in [0.1, 0.15) is 12.3 Å². The van der Waals surface area contributed by atoms with Gasteiger partial charge in [0.2, 0.25) is 0 Å². The number of benzene rings is 1. The minimum Gasteiger partial charge on any atom is -0.493 e. The van der Waals surface area contributed by atoms with Crippen LogP contribution in [0.5, 0.6) is 11.5 Å². The molecule has 7 nitrogen and oxygen atoms in total. The standard InChI is InChI=1S/C24H29N5O2/c1-26-9-11-28(12-10-26)13-14-31-23-16-20-19(15-22(23)30-3)21(17-27(20)2)29-8-6-18-5-4-7-25-24(18)29/h4-8,15-17H,9-14H2,1-3H3. The summed E-state index contributed by atoms with van der Waals surface area (Å²) in [4.78, 5) is 9.39. The molecule has 1 aromatic carbocycles. The molecule has 5 rings (SSSR count). The number of aromatic nitrogens is 3. The second kappa shape index (κ2) is 8.24. The zero-order valence-corrected chi connectivity index (χ0v) is 18.4. The number of pyridine rings is 1. The third-order valence-corrected chi connectivity index (χ3v) is 6.22. The number of likely N-dealkylation sites (N-methyl/N-ethyl adjacent to an activating group) is 1. The van der Waals surface area contributed by atoms with Crippen molar-refractivity contribution in [3.63, 3.8) is 0 Å². The molecule has 4 aromatic rings. The van der Waals surface area contributed by atoms with Crippen LogP contribution < -0.4 is 9.47 Å². The zero-order chi connectivity index (χ0) is 21.4. The maximum atomic E-state index is 6.18. The quantitative estimate of drug-likeness (QED) is 0.481. The molecule has 162 valence electrons. The lowest BCUT2D eigenvalue weighted by Crippen LogP contribution is -2.45. The number of hydrogen-bond donors (Lipinski definition) is 0. The first-order chi connectivity index (χ1) is 15.1. The molecule has 0 bridgehead atoms. The SMILES string of the molecule is COc1cc2c(-n3ccc4cccnc43)cn(C)c2cc1OCCN1CCN(C)CC1. The van der Waals surface area contributed by atoms with E-state index in [4.69, 9.17) is 9.47 Å². The van der Waals surface area contributed by atoms with E-state index in [1.165, 1.54) is 0 Å². The lowest BCUT2D eigenvalue weighted by atomic mass is 10.2. The van der Waals surface area contributed by atoms with Gasteiger partial charge in [0.25, 0.3) is 0 Å². The summed E-state index contributed by atoms with van der Waals surface area (Å²) in [6, 6.07) is 10.3. The van der Waals surface area contributed by atoms with Gasteiger partial charge in [0.05, 0.1) is 18.3 Å². The molecule has 1 aliphatic heterocycles. The van der Waals surface area contributed by atoms with Gasteiger partial charge >= 0.3 is 0 Å². The largest absolute Gasteiger partial charge is 0.493 e. The molecule has 0 N–H and O–H groups in total. The second-order valence-corrected chi connectivity index (χ2v) is 8.24. The molecule has 3 aromatic heterocycles. The van der Waals surface area contributed by atoms with E-state index in [0.29, 0.717) is 6.61 Å². The minimum atomic E-state index is 0.648. The summed E-state index contributed by atoms with van der Waals surface area (Å²) in [6.45, 7) is 5.99. The fraction of sp³-hybridized carbons (Fsp3) is 0.375. The number of hydrogen-bond acceptors (Lipinski definition) is 5. The van der Waals surface area contributed by atoms with E-state index in [0.717, 1.165) is 71.8 Å². The van der Waals surface area contributed by atoms with E-state index in [1.54, 1.807) is 7.11 Å². The van der Waals surface area contributed by atoms with Gasteiger partial charge in [-0.3, -0.25) is 9.47 Å². The maximum Gasteiger partial charge on any atom is 0.163 e. The molecule has 0 spiro atoms.